The lowest BCUT2D eigenvalue weighted by Gasteiger charge is -2.04. The third kappa shape index (κ3) is 2.78. The second-order valence-electron chi connectivity index (χ2n) is 5.51. The van der Waals surface area contributed by atoms with Gasteiger partial charge in [0.25, 0.3) is 5.56 Å². The van der Waals surface area contributed by atoms with Crippen molar-refractivity contribution >= 4 is 17.1 Å². The monoisotopic (exact) mass is 329 g/mol. The summed E-state index contributed by atoms with van der Waals surface area (Å²) in [5.41, 5.74) is 1.02. The highest BCUT2D eigenvalue weighted by atomic mass is 16.5. The molecule has 0 amide bonds. The second kappa shape index (κ2) is 6.23. The van der Waals surface area contributed by atoms with Gasteiger partial charge in [0.2, 0.25) is 5.95 Å². The molecule has 0 aliphatic heterocycles. The molecular weight excluding hydrogens is 310 g/mol. The Bertz CT molecular complexity index is 982. The van der Waals surface area contributed by atoms with Crippen LogP contribution in [0, 0.1) is 0 Å². The summed E-state index contributed by atoms with van der Waals surface area (Å²) >= 11 is 0. The van der Waals surface area contributed by atoms with Crippen molar-refractivity contribution in [2.45, 2.75) is 6.42 Å². The standard InChI is InChI=1S/C16H19N5O3/c1-20-13-12(14(22)21(2)16(20)23)18-15(19-13)17-9-8-10-4-6-11(24-3)7-5-10/h4-7H,8-9H2,1-3H3,(H2,17,18,19). The van der Waals surface area contributed by atoms with E-state index in [0.29, 0.717) is 23.7 Å². The molecule has 0 aliphatic rings. The normalized spacial score (nSPS) is 11.0. The number of ether oxygens (including phenoxy) is 1. The van der Waals surface area contributed by atoms with Gasteiger partial charge < -0.3 is 15.0 Å². The summed E-state index contributed by atoms with van der Waals surface area (Å²) in [6.45, 7) is 0.639. The van der Waals surface area contributed by atoms with Crippen molar-refractivity contribution in [1.82, 2.24) is 19.1 Å². The summed E-state index contributed by atoms with van der Waals surface area (Å²) in [5, 5.41) is 3.14. The lowest BCUT2D eigenvalue weighted by molar-refractivity contribution is 0.414. The van der Waals surface area contributed by atoms with E-state index in [4.69, 9.17) is 4.74 Å². The van der Waals surface area contributed by atoms with Gasteiger partial charge in [0.05, 0.1) is 7.11 Å². The topological polar surface area (TPSA) is 93.9 Å². The van der Waals surface area contributed by atoms with Crippen LogP contribution >= 0.6 is 0 Å². The molecule has 0 atom stereocenters. The van der Waals surface area contributed by atoms with Crippen molar-refractivity contribution in [3.05, 3.63) is 50.7 Å². The van der Waals surface area contributed by atoms with Crippen molar-refractivity contribution in [2.24, 2.45) is 14.1 Å². The van der Waals surface area contributed by atoms with Gasteiger partial charge in [-0.25, -0.2) is 4.79 Å². The van der Waals surface area contributed by atoms with Crippen LogP contribution in [0.15, 0.2) is 33.9 Å². The number of nitrogens with zero attached hydrogens (tertiary/aromatic N) is 3. The number of fused-ring (bicyclic) bond motifs is 1. The Morgan fingerprint density at radius 1 is 1.17 bits per heavy atom. The number of rotatable bonds is 5. The van der Waals surface area contributed by atoms with Crippen molar-refractivity contribution in [3.63, 3.8) is 0 Å². The SMILES string of the molecule is COc1ccc(CCNc2nc3c([nH]2)c(=O)n(C)c(=O)n3C)cc1. The van der Waals surface area contributed by atoms with Crippen LogP contribution in [0.2, 0.25) is 0 Å². The summed E-state index contributed by atoms with van der Waals surface area (Å²) in [6.07, 6.45) is 0.790. The van der Waals surface area contributed by atoms with Crippen LogP contribution in [0.5, 0.6) is 5.75 Å². The number of hydrogen-bond donors (Lipinski definition) is 2. The van der Waals surface area contributed by atoms with Crippen LogP contribution in [0.25, 0.3) is 11.2 Å². The maximum Gasteiger partial charge on any atom is 0.332 e. The number of H-pyrrole nitrogens is 1. The van der Waals surface area contributed by atoms with Crippen LogP contribution in [0.4, 0.5) is 5.95 Å². The van der Waals surface area contributed by atoms with Crippen molar-refractivity contribution < 1.29 is 4.74 Å². The Morgan fingerprint density at radius 2 is 1.88 bits per heavy atom. The molecule has 0 saturated carbocycles. The number of hydrogen-bond acceptors (Lipinski definition) is 5. The molecule has 3 aromatic rings. The van der Waals surface area contributed by atoms with E-state index >= 15 is 0 Å². The Hall–Kier alpha value is -3.03. The van der Waals surface area contributed by atoms with Crippen molar-refractivity contribution in [2.75, 3.05) is 19.0 Å². The lowest BCUT2D eigenvalue weighted by Crippen LogP contribution is -2.36. The zero-order valence-electron chi connectivity index (χ0n) is 13.8. The molecule has 126 valence electrons. The fourth-order valence-electron chi connectivity index (χ4n) is 2.53. The first kappa shape index (κ1) is 15.9. The quantitative estimate of drug-likeness (QED) is 0.716. The maximum absolute atomic E-state index is 12.1. The third-order valence-electron chi connectivity index (χ3n) is 3.96. The van der Waals surface area contributed by atoms with Gasteiger partial charge in [-0.15, -0.1) is 0 Å². The van der Waals surface area contributed by atoms with E-state index in [1.165, 1.54) is 11.6 Å². The largest absolute Gasteiger partial charge is 0.497 e. The number of anilines is 1. The molecule has 2 heterocycles. The number of aromatic amines is 1. The summed E-state index contributed by atoms with van der Waals surface area (Å²) < 4.78 is 7.53. The van der Waals surface area contributed by atoms with Gasteiger partial charge in [0.1, 0.15) is 5.75 Å². The predicted molar refractivity (Wildman–Crippen MR) is 91.8 cm³/mol. The summed E-state index contributed by atoms with van der Waals surface area (Å²) in [5.74, 6) is 1.29. The molecule has 0 spiro atoms. The molecule has 2 N–H and O–H groups in total. The van der Waals surface area contributed by atoms with Gasteiger partial charge in [0, 0.05) is 20.6 Å². The van der Waals surface area contributed by atoms with E-state index in [1.807, 2.05) is 24.3 Å². The van der Waals surface area contributed by atoms with E-state index in [1.54, 1.807) is 14.2 Å². The smallest absolute Gasteiger partial charge is 0.332 e. The number of aryl methyl sites for hydroxylation is 1. The molecule has 2 aromatic heterocycles. The summed E-state index contributed by atoms with van der Waals surface area (Å²) in [4.78, 5) is 31.3. The predicted octanol–water partition coefficient (Wildman–Crippen LogP) is 0.623. The molecule has 0 fully saturated rings. The van der Waals surface area contributed by atoms with Gasteiger partial charge in [-0.05, 0) is 24.1 Å². The fourth-order valence-corrected chi connectivity index (χ4v) is 2.53. The van der Waals surface area contributed by atoms with E-state index < -0.39 is 5.69 Å². The van der Waals surface area contributed by atoms with Gasteiger partial charge in [-0.1, -0.05) is 12.1 Å². The first-order valence-electron chi connectivity index (χ1n) is 7.54. The molecular formula is C16H19N5O3. The second-order valence-corrected chi connectivity index (χ2v) is 5.51. The van der Waals surface area contributed by atoms with Gasteiger partial charge in [-0.3, -0.25) is 13.9 Å². The first-order valence-corrected chi connectivity index (χ1v) is 7.54. The molecule has 0 saturated heterocycles. The lowest BCUT2D eigenvalue weighted by atomic mass is 10.1. The Morgan fingerprint density at radius 3 is 2.54 bits per heavy atom. The van der Waals surface area contributed by atoms with E-state index in [0.717, 1.165) is 22.3 Å². The molecule has 0 aliphatic carbocycles. The van der Waals surface area contributed by atoms with Crippen LogP contribution < -0.4 is 21.3 Å². The van der Waals surface area contributed by atoms with Crippen LogP contribution in [-0.2, 0) is 20.5 Å². The Balaban J connectivity index is 1.76. The number of aromatic nitrogens is 4. The average molecular weight is 329 g/mol. The van der Waals surface area contributed by atoms with Gasteiger partial charge in [-0.2, -0.15) is 4.98 Å². The summed E-state index contributed by atoms with van der Waals surface area (Å²) in [7, 11) is 4.67. The number of nitrogens with one attached hydrogen (secondary N) is 2. The average Bonchev–Trinajstić information content (AvgIpc) is 3.03. The molecule has 8 nitrogen and oxygen atoms in total. The number of benzene rings is 1. The van der Waals surface area contributed by atoms with Crippen LogP contribution in [-0.4, -0.2) is 32.8 Å². The molecule has 1 aromatic carbocycles. The van der Waals surface area contributed by atoms with Gasteiger partial charge in [0.15, 0.2) is 11.2 Å². The minimum absolute atomic E-state index is 0.312. The Kier molecular flexibility index (Phi) is 4.11. The molecule has 0 bridgehead atoms. The van der Waals surface area contributed by atoms with Crippen molar-refractivity contribution in [3.8, 4) is 5.75 Å². The zero-order valence-corrected chi connectivity index (χ0v) is 13.8. The van der Waals surface area contributed by atoms with Crippen LogP contribution in [0.3, 0.4) is 0 Å². The van der Waals surface area contributed by atoms with E-state index in [9.17, 15) is 9.59 Å². The molecule has 8 heteroatoms. The first-order chi connectivity index (χ1) is 11.5. The molecule has 0 radical (unpaired) electrons. The minimum Gasteiger partial charge on any atom is -0.497 e. The van der Waals surface area contributed by atoms with E-state index in [-0.39, 0.29) is 5.56 Å². The highest BCUT2D eigenvalue weighted by Crippen LogP contribution is 2.12. The fraction of sp³-hybridized carbons (Fsp3) is 0.312. The molecule has 0 unspecified atom stereocenters. The van der Waals surface area contributed by atoms with Gasteiger partial charge >= 0.3 is 5.69 Å². The van der Waals surface area contributed by atoms with E-state index in [2.05, 4.69) is 15.3 Å². The highest BCUT2D eigenvalue weighted by Gasteiger charge is 2.12. The van der Waals surface area contributed by atoms with Crippen LogP contribution in [0.1, 0.15) is 5.56 Å². The molecule has 24 heavy (non-hydrogen) atoms. The summed E-state index contributed by atoms with van der Waals surface area (Å²) in [6, 6.07) is 7.82. The molecule has 3 rings (SSSR count). The van der Waals surface area contributed by atoms with Crippen molar-refractivity contribution in [1.29, 1.82) is 0 Å². The maximum atomic E-state index is 12.1. The highest BCUT2D eigenvalue weighted by molar-refractivity contribution is 5.72. The zero-order chi connectivity index (χ0) is 17.3. The minimum atomic E-state index is -0.399. The number of imidazole rings is 1. The Labute approximate surface area is 137 Å². The number of methoxy groups -OCH3 is 1. The third-order valence-corrected chi connectivity index (χ3v) is 3.96.